The molecule has 0 amide bonds. The molecule has 1 aromatic carbocycles. The number of hydrogen-bond acceptors (Lipinski definition) is 2. The van der Waals surface area contributed by atoms with Crippen molar-refractivity contribution in [3.8, 4) is 0 Å². The van der Waals surface area contributed by atoms with Crippen LogP contribution in [0.1, 0.15) is 32.3 Å². The Hall–Kier alpha value is -0.240. The SMILES string of the molecule is CCN(CC)CCCCNC(=NC)NCc1ccc(Cl)cc1Cl.I. The number of benzene rings is 1. The van der Waals surface area contributed by atoms with Crippen molar-refractivity contribution in [1.29, 1.82) is 0 Å². The van der Waals surface area contributed by atoms with Crippen LogP contribution in [0.25, 0.3) is 0 Å². The van der Waals surface area contributed by atoms with Crippen molar-refractivity contribution in [3.63, 3.8) is 0 Å². The molecular weight excluding hydrogens is 458 g/mol. The second-order valence-electron chi connectivity index (χ2n) is 5.32. The van der Waals surface area contributed by atoms with Crippen LogP contribution in [0.4, 0.5) is 0 Å². The molecular formula is C17H29Cl2IN4. The fourth-order valence-electron chi connectivity index (χ4n) is 2.27. The average molecular weight is 487 g/mol. The summed E-state index contributed by atoms with van der Waals surface area (Å²) in [5.41, 5.74) is 1.00. The van der Waals surface area contributed by atoms with E-state index in [2.05, 4.69) is 34.4 Å². The first-order valence-electron chi connectivity index (χ1n) is 8.21. The lowest BCUT2D eigenvalue weighted by Crippen LogP contribution is -2.37. The van der Waals surface area contributed by atoms with Crippen LogP contribution in [0.5, 0.6) is 0 Å². The van der Waals surface area contributed by atoms with E-state index in [-0.39, 0.29) is 24.0 Å². The van der Waals surface area contributed by atoms with Gasteiger partial charge >= 0.3 is 0 Å². The van der Waals surface area contributed by atoms with Gasteiger partial charge in [0.15, 0.2) is 5.96 Å². The molecule has 2 N–H and O–H groups in total. The van der Waals surface area contributed by atoms with Crippen LogP contribution >= 0.6 is 47.2 Å². The van der Waals surface area contributed by atoms with Gasteiger partial charge in [-0.25, -0.2) is 0 Å². The maximum absolute atomic E-state index is 6.17. The number of guanidine groups is 1. The highest BCUT2D eigenvalue weighted by Gasteiger charge is 2.03. The Balaban J connectivity index is 0.00000529. The van der Waals surface area contributed by atoms with E-state index < -0.39 is 0 Å². The zero-order valence-electron chi connectivity index (χ0n) is 14.7. The number of aliphatic imine (C=N–C) groups is 1. The summed E-state index contributed by atoms with van der Waals surface area (Å²) in [6.07, 6.45) is 2.31. The minimum absolute atomic E-state index is 0. The van der Waals surface area contributed by atoms with Crippen molar-refractivity contribution in [2.24, 2.45) is 4.99 Å². The predicted molar refractivity (Wildman–Crippen MR) is 117 cm³/mol. The second kappa shape index (κ2) is 14.0. The van der Waals surface area contributed by atoms with Gasteiger partial charge in [0.1, 0.15) is 0 Å². The molecule has 0 saturated carbocycles. The van der Waals surface area contributed by atoms with Gasteiger partial charge < -0.3 is 15.5 Å². The van der Waals surface area contributed by atoms with E-state index in [1.807, 2.05) is 12.1 Å². The van der Waals surface area contributed by atoms with Crippen LogP contribution in [-0.2, 0) is 6.54 Å². The van der Waals surface area contributed by atoms with Gasteiger partial charge in [-0.1, -0.05) is 43.1 Å². The number of rotatable bonds is 9. The maximum Gasteiger partial charge on any atom is 0.191 e. The predicted octanol–water partition coefficient (Wildman–Crippen LogP) is 4.40. The van der Waals surface area contributed by atoms with E-state index >= 15 is 0 Å². The van der Waals surface area contributed by atoms with Crippen molar-refractivity contribution in [1.82, 2.24) is 15.5 Å². The zero-order chi connectivity index (χ0) is 17.1. The molecule has 0 aliphatic rings. The fourth-order valence-corrected chi connectivity index (χ4v) is 2.75. The summed E-state index contributed by atoms with van der Waals surface area (Å²) < 4.78 is 0. The molecule has 0 heterocycles. The minimum Gasteiger partial charge on any atom is -0.356 e. The number of halogens is 3. The lowest BCUT2D eigenvalue weighted by molar-refractivity contribution is 0.297. The maximum atomic E-state index is 6.17. The molecule has 0 aliphatic carbocycles. The number of unbranched alkanes of at least 4 members (excludes halogenated alkanes) is 1. The van der Waals surface area contributed by atoms with Crippen LogP contribution in [0.3, 0.4) is 0 Å². The smallest absolute Gasteiger partial charge is 0.191 e. The third-order valence-electron chi connectivity index (χ3n) is 3.77. The molecule has 0 aliphatic heterocycles. The van der Waals surface area contributed by atoms with Crippen molar-refractivity contribution in [2.45, 2.75) is 33.2 Å². The number of nitrogens with zero attached hydrogens (tertiary/aromatic N) is 2. The largest absolute Gasteiger partial charge is 0.356 e. The summed E-state index contributed by atoms with van der Waals surface area (Å²) in [5, 5.41) is 7.91. The van der Waals surface area contributed by atoms with Gasteiger partial charge in [0, 0.05) is 30.2 Å². The Morgan fingerprint density at radius 1 is 1.12 bits per heavy atom. The van der Waals surface area contributed by atoms with E-state index in [1.54, 1.807) is 13.1 Å². The summed E-state index contributed by atoms with van der Waals surface area (Å²) >= 11 is 12.1. The third-order valence-corrected chi connectivity index (χ3v) is 4.36. The molecule has 0 spiro atoms. The van der Waals surface area contributed by atoms with Crippen molar-refractivity contribution < 1.29 is 0 Å². The number of nitrogens with one attached hydrogen (secondary N) is 2. The van der Waals surface area contributed by atoms with Crippen LogP contribution in [0.2, 0.25) is 10.0 Å². The van der Waals surface area contributed by atoms with E-state index in [1.165, 1.54) is 6.42 Å². The molecule has 1 rings (SSSR count). The topological polar surface area (TPSA) is 39.7 Å². The highest BCUT2D eigenvalue weighted by atomic mass is 127. The average Bonchev–Trinajstić information content (AvgIpc) is 2.55. The highest BCUT2D eigenvalue weighted by molar-refractivity contribution is 14.0. The van der Waals surface area contributed by atoms with Gasteiger partial charge in [0.05, 0.1) is 0 Å². The van der Waals surface area contributed by atoms with Gasteiger partial charge in [0.25, 0.3) is 0 Å². The first-order valence-corrected chi connectivity index (χ1v) is 8.97. The molecule has 4 nitrogen and oxygen atoms in total. The molecule has 0 atom stereocenters. The molecule has 0 radical (unpaired) electrons. The summed E-state index contributed by atoms with van der Waals surface area (Å²) in [7, 11) is 1.77. The fraction of sp³-hybridized carbons (Fsp3) is 0.588. The molecule has 7 heteroatoms. The molecule has 0 saturated heterocycles. The van der Waals surface area contributed by atoms with Gasteiger partial charge in [0.2, 0.25) is 0 Å². The molecule has 0 bridgehead atoms. The third kappa shape index (κ3) is 9.30. The lowest BCUT2D eigenvalue weighted by Gasteiger charge is -2.18. The first kappa shape index (κ1) is 23.8. The normalized spacial score (nSPS) is 11.3. The van der Waals surface area contributed by atoms with E-state index in [4.69, 9.17) is 23.2 Å². The Kier molecular flexibility index (Phi) is 13.8. The van der Waals surface area contributed by atoms with Gasteiger partial charge in [-0.15, -0.1) is 24.0 Å². The Bertz CT molecular complexity index is 493. The van der Waals surface area contributed by atoms with Gasteiger partial charge in [-0.3, -0.25) is 4.99 Å². The van der Waals surface area contributed by atoms with Crippen LogP contribution in [-0.4, -0.2) is 44.1 Å². The summed E-state index contributed by atoms with van der Waals surface area (Å²) in [6, 6.07) is 5.52. The molecule has 24 heavy (non-hydrogen) atoms. The van der Waals surface area contributed by atoms with Gasteiger partial charge in [-0.05, 0) is 50.2 Å². The first-order chi connectivity index (χ1) is 11.1. The number of hydrogen-bond donors (Lipinski definition) is 2. The summed E-state index contributed by atoms with van der Waals surface area (Å²) in [4.78, 5) is 6.67. The van der Waals surface area contributed by atoms with E-state index in [0.717, 1.165) is 44.1 Å². The van der Waals surface area contributed by atoms with Gasteiger partial charge in [-0.2, -0.15) is 0 Å². The molecule has 1 aromatic rings. The van der Waals surface area contributed by atoms with Crippen molar-refractivity contribution >= 4 is 53.1 Å². The Morgan fingerprint density at radius 2 is 1.83 bits per heavy atom. The Morgan fingerprint density at radius 3 is 2.42 bits per heavy atom. The van der Waals surface area contributed by atoms with Crippen molar-refractivity contribution in [2.75, 3.05) is 33.2 Å². The molecule has 0 fully saturated rings. The quantitative estimate of drug-likeness (QED) is 0.235. The second-order valence-corrected chi connectivity index (χ2v) is 6.17. The summed E-state index contributed by atoms with van der Waals surface area (Å²) in [5.74, 6) is 0.791. The minimum atomic E-state index is 0. The molecule has 0 aromatic heterocycles. The Labute approximate surface area is 173 Å². The van der Waals surface area contributed by atoms with Crippen LogP contribution in [0.15, 0.2) is 23.2 Å². The molecule has 138 valence electrons. The van der Waals surface area contributed by atoms with E-state index in [0.29, 0.717) is 16.6 Å². The standard InChI is InChI=1S/C17H28Cl2N4.HI/c1-4-23(5-2)11-7-6-10-21-17(20-3)22-13-14-8-9-15(18)12-16(14)19;/h8-9,12H,4-7,10-11,13H2,1-3H3,(H2,20,21,22);1H. The highest BCUT2D eigenvalue weighted by Crippen LogP contribution is 2.20. The monoisotopic (exact) mass is 486 g/mol. The van der Waals surface area contributed by atoms with E-state index in [9.17, 15) is 0 Å². The summed E-state index contributed by atoms with van der Waals surface area (Å²) in [6.45, 7) is 9.33. The van der Waals surface area contributed by atoms with Crippen molar-refractivity contribution in [3.05, 3.63) is 33.8 Å². The van der Waals surface area contributed by atoms with Crippen LogP contribution < -0.4 is 10.6 Å². The lowest BCUT2D eigenvalue weighted by atomic mass is 10.2. The molecule has 0 unspecified atom stereocenters. The van der Waals surface area contributed by atoms with Crippen LogP contribution in [0, 0.1) is 0 Å². The zero-order valence-corrected chi connectivity index (χ0v) is 18.6.